The van der Waals surface area contributed by atoms with Crippen molar-refractivity contribution in [3.63, 3.8) is 0 Å². The smallest absolute Gasteiger partial charge is 0.417 e. The van der Waals surface area contributed by atoms with E-state index in [9.17, 15) is 18.0 Å². The molecular formula is C22H22F3N5O2. The molecule has 0 aliphatic carbocycles. The summed E-state index contributed by atoms with van der Waals surface area (Å²) in [6.45, 7) is 1.92. The van der Waals surface area contributed by atoms with Crippen LogP contribution in [0.25, 0.3) is 5.69 Å². The molecule has 168 valence electrons. The number of carbonyl (C=O) groups is 1. The summed E-state index contributed by atoms with van der Waals surface area (Å²) >= 11 is 0. The van der Waals surface area contributed by atoms with Crippen LogP contribution in [0.5, 0.6) is 5.75 Å². The second-order valence-corrected chi connectivity index (χ2v) is 7.36. The number of anilines is 1. The quantitative estimate of drug-likeness (QED) is 0.614. The summed E-state index contributed by atoms with van der Waals surface area (Å²) in [5, 5.41) is 4.43. The molecule has 0 N–H and O–H groups in total. The largest absolute Gasteiger partial charge is 0.493 e. The number of carbonyl (C=O) groups excluding carboxylic acids is 1. The predicted molar refractivity (Wildman–Crippen MR) is 112 cm³/mol. The van der Waals surface area contributed by atoms with Crippen LogP contribution in [0.1, 0.15) is 22.5 Å². The van der Waals surface area contributed by atoms with Gasteiger partial charge in [0, 0.05) is 32.4 Å². The molecule has 0 spiro atoms. The minimum Gasteiger partial charge on any atom is -0.493 e. The van der Waals surface area contributed by atoms with Gasteiger partial charge in [-0.25, -0.2) is 9.67 Å². The van der Waals surface area contributed by atoms with Crippen LogP contribution in [0.3, 0.4) is 0 Å². The molecule has 4 rings (SSSR count). The standard InChI is InChI=1S/C22H22F3N5O2/c1-32-18-15-30(17-6-3-2-4-7-17)27-20(18)21(31)29-11-5-10-28(12-13-29)19-9-8-16(14-26-19)22(23,24)25/h2-4,6-9,14-15H,5,10-13H2,1H3. The second-order valence-electron chi connectivity index (χ2n) is 7.36. The number of hydrogen-bond acceptors (Lipinski definition) is 5. The van der Waals surface area contributed by atoms with Crippen molar-refractivity contribution in [2.24, 2.45) is 0 Å². The van der Waals surface area contributed by atoms with Gasteiger partial charge in [0.15, 0.2) is 11.4 Å². The van der Waals surface area contributed by atoms with E-state index in [0.717, 1.165) is 18.0 Å². The Bertz CT molecular complexity index is 1070. The molecule has 3 aromatic rings. The number of alkyl halides is 3. The summed E-state index contributed by atoms with van der Waals surface area (Å²) in [4.78, 5) is 20.7. The highest BCUT2D eigenvalue weighted by atomic mass is 19.4. The Labute approximate surface area is 183 Å². The fourth-order valence-electron chi connectivity index (χ4n) is 3.61. The van der Waals surface area contributed by atoms with Gasteiger partial charge in [-0.15, -0.1) is 0 Å². The Balaban J connectivity index is 1.48. The molecule has 1 amide bonds. The number of pyridine rings is 1. The van der Waals surface area contributed by atoms with Crippen LogP contribution < -0.4 is 9.64 Å². The van der Waals surface area contributed by atoms with Crippen molar-refractivity contribution in [1.29, 1.82) is 0 Å². The average Bonchev–Trinajstić information content (AvgIpc) is 3.08. The Morgan fingerprint density at radius 3 is 2.47 bits per heavy atom. The molecule has 1 aliphatic rings. The Morgan fingerprint density at radius 1 is 1.03 bits per heavy atom. The first-order valence-corrected chi connectivity index (χ1v) is 10.1. The number of hydrogen-bond donors (Lipinski definition) is 0. The summed E-state index contributed by atoms with van der Waals surface area (Å²) in [6, 6.07) is 11.8. The molecule has 0 radical (unpaired) electrons. The summed E-state index contributed by atoms with van der Waals surface area (Å²) in [5.41, 5.74) is 0.242. The van der Waals surface area contributed by atoms with Gasteiger partial charge in [0.2, 0.25) is 0 Å². The van der Waals surface area contributed by atoms with Crippen LogP contribution in [0.4, 0.5) is 19.0 Å². The van der Waals surface area contributed by atoms with E-state index >= 15 is 0 Å². The van der Waals surface area contributed by atoms with Crippen molar-refractivity contribution in [3.05, 3.63) is 66.1 Å². The molecule has 10 heteroatoms. The van der Waals surface area contributed by atoms with Crippen molar-refractivity contribution in [2.75, 3.05) is 38.2 Å². The van der Waals surface area contributed by atoms with E-state index in [1.54, 1.807) is 15.8 Å². The normalized spacial score (nSPS) is 14.9. The lowest BCUT2D eigenvalue weighted by molar-refractivity contribution is -0.137. The van der Waals surface area contributed by atoms with Gasteiger partial charge in [-0.05, 0) is 30.7 Å². The van der Waals surface area contributed by atoms with Crippen LogP contribution in [-0.4, -0.2) is 58.9 Å². The van der Waals surface area contributed by atoms with Gasteiger partial charge >= 0.3 is 6.18 Å². The van der Waals surface area contributed by atoms with Crippen molar-refractivity contribution < 1.29 is 22.7 Å². The first-order valence-electron chi connectivity index (χ1n) is 10.1. The van der Waals surface area contributed by atoms with Gasteiger partial charge in [-0.1, -0.05) is 18.2 Å². The Hall–Kier alpha value is -3.56. The summed E-state index contributed by atoms with van der Waals surface area (Å²) in [7, 11) is 1.49. The molecule has 0 saturated carbocycles. The maximum Gasteiger partial charge on any atom is 0.417 e. The van der Waals surface area contributed by atoms with E-state index in [1.807, 2.05) is 35.2 Å². The van der Waals surface area contributed by atoms with Crippen LogP contribution in [-0.2, 0) is 6.18 Å². The lowest BCUT2D eigenvalue weighted by atomic mass is 10.2. The monoisotopic (exact) mass is 445 g/mol. The number of benzene rings is 1. The number of nitrogens with zero attached hydrogens (tertiary/aromatic N) is 5. The second kappa shape index (κ2) is 8.89. The highest BCUT2D eigenvalue weighted by molar-refractivity contribution is 5.95. The Morgan fingerprint density at radius 2 is 1.81 bits per heavy atom. The average molecular weight is 445 g/mol. The molecule has 1 aromatic carbocycles. The van der Waals surface area contributed by atoms with Crippen molar-refractivity contribution in [2.45, 2.75) is 12.6 Å². The third kappa shape index (κ3) is 4.53. The van der Waals surface area contributed by atoms with Gasteiger partial charge in [0.1, 0.15) is 5.82 Å². The first-order chi connectivity index (χ1) is 15.4. The van der Waals surface area contributed by atoms with Gasteiger partial charge in [-0.2, -0.15) is 18.3 Å². The van der Waals surface area contributed by atoms with Crippen molar-refractivity contribution >= 4 is 11.7 Å². The van der Waals surface area contributed by atoms with Gasteiger partial charge < -0.3 is 14.5 Å². The molecule has 0 unspecified atom stereocenters. The van der Waals surface area contributed by atoms with Gasteiger partial charge in [0.05, 0.1) is 24.6 Å². The van der Waals surface area contributed by atoms with Gasteiger partial charge in [-0.3, -0.25) is 4.79 Å². The van der Waals surface area contributed by atoms with Gasteiger partial charge in [0.25, 0.3) is 5.91 Å². The Kier molecular flexibility index (Phi) is 6.02. The minimum atomic E-state index is -4.42. The molecule has 1 saturated heterocycles. The number of methoxy groups -OCH3 is 1. The zero-order valence-corrected chi connectivity index (χ0v) is 17.4. The number of amides is 1. The molecule has 0 atom stereocenters. The summed E-state index contributed by atoms with van der Waals surface area (Å²) in [5.74, 6) is 0.585. The van der Waals surface area contributed by atoms with E-state index in [4.69, 9.17) is 4.74 Å². The molecule has 0 bridgehead atoms. The molecule has 7 nitrogen and oxygen atoms in total. The number of ether oxygens (including phenoxy) is 1. The number of para-hydroxylation sites is 1. The van der Waals surface area contributed by atoms with Crippen LogP contribution in [0, 0.1) is 0 Å². The molecule has 1 aliphatic heterocycles. The van der Waals surface area contributed by atoms with Crippen molar-refractivity contribution in [1.82, 2.24) is 19.7 Å². The minimum absolute atomic E-state index is 0.220. The molecule has 3 heterocycles. The zero-order chi connectivity index (χ0) is 22.7. The van der Waals surface area contributed by atoms with E-state index in [0.29, 0.717) is 44.2 Å². The maximum atomic E-state index is 13.2. The highest BCUT2D eigenvalue weighted by Crippen LogP contribution is 2.29. The molecular weight excluding hydrogens is 423 g/mol. The molecule has 32 heavy (non-hydrogen) atoms. The number of halogens is 3. The lowest BCUT2D eigenvalue weighted by Crippen LogP contribution is -2.35. The van der Waals surface area contributed by atoms with Crippen LogP contribution in [0.2, 0.25) is 0 Å². The third-order valence-corrected chi connectivity index (χ3v) is 5.31. The van der Waals surface area contributed by atoms with E-state index in [-0.39, 0.29) is 11.6 Å². The highest BCUT2D eigenvalue weighted by Gasteiger charge is 2.31. The van der Waals surface area contributed by atoms with E-state index in [2.05, 4.69) is 10.1 Å². The summed E-state index contributed by atoms with van der Waals surface area (Å²) < 4.78 is 45.3. The fourth-order valence-corrected chi connectivity index (χ4v) is 3.61. The van der Waals surface area contributed by atoms with E-state index < -0.39 is 11.7 Å². The number of rotatable bonds is 4. The predicted octanol–water partition coefficient (Wildman–Crippen LogP) is 3.65. The zero-order valence-electron chi connectivity index (χ0n) is 17.4. The summed E-state index contributed by atoms with van der Waals surface area (Å²) in [6.07, 6.45) is -1.27. The fraction of sp³-hybridized carbons (Fsp3) is 0.318. The third-order valence-electron chi connectivity index (χ3n) is 5.31. The lowest BCUT2D eigenvalue weighted by Gasteiger charge is -2.23. The molecule has 1 fully saturated rings. The van der Waals surface area contributed by atoms with Crippen molar-refractivity contribution in [3.8, 4) is 11.4 Å². The van der Waals surface area contributed by atoms with E-state index in [1.165, 1.54) is 13.2 Å². The maximum absolute atomic E-state index is 13.2. The van der Waals surface area contributed by atoms with Crippen LogP contribution >= 0.6 is 0 Å². The van der Waals surface area contributed by atoms with Crippen LogP contribution in [0.15, 0.2) is 54.9 Å². The molecule has 2 aromatic heterocycles. The number of aromatic nitrogens is 3. The topological polar surface area (TPSA) is 63.5 Å². The first kappa shape index (κ1) is 21.7. The SMILES string of the molecule is COc1cn(-c2ccccc2)nc1C(=O)N1CCCN(c2ccc(C(F)(F)F)cn2)CC1.